The molecule has 0 aromatic heterocycles. The van der Waals surface area contributed by atoms with Crippen molar-refractivity contribution in [3.05, 3.63) is 38.9 Å². The van der Waals surface area contributed by atoms with Crippen LogP contribution in [-0.2, 0) is 11.3 Å². The van der Waals surface area contributed by atoms with Gasteiger partial charge in [0.1, 0.15) is 0 Å². The van der Waals surface area contributed by atoms with Crippen LogP contribution in [0, 0.1) is 16.0 Å². The van der Waals surface area contributed by atoms with Crippen molar-refractivity contribution < 1.29 is 9.66 Å². The molecule has 19 heavy (non-hydrogen) atoms. The summed E-state index contributed by atoms with van der Waals surface area (Å²) in [7, 11) is 0. The first-order valence-electron chi connectivity index (χ1n) is 6.38. The second-order valence-electron chi connectivity index (χ2n) is 4.72. The van der Waals surface area contributed by atoms with Crippen LogP contribution in [0.25, 0.3) is 0 Å². The maximum atomic E-state index is 10.9. The number of nitrogens with zero attached hydrogens (tertiary/aromatic N) is 1. The number of benzene rings is 1. The number of hydrogen-bond donors (Lipinski definition) is 1. The third-order valence-corrected chi connectivity index (χ3v) is 3.57. The summed E-state index contributed by atoms with van der Waals surface area (Å²) in [4.78, 5) is 10.5. The number of ether oxygens (including phenoxy) is 1. The van der Waals surface area contributed by atoms with Crippen molar-refractivity contribution in [2.24, 2.45) is 5.92 Å². The monoisotopic (exact) mass is 284 g/mol. The molecule has 0 radical (unpaired) electrons. The van der Waals surface area contributed by atoms with Crippen LogP contribution < -0.4 is 5.32 Å². The van der Waals surface area contributed by atoms with E-state index in [1.54, 1.807) is 12.1 Å². The van der Waals surface area contributed by atoms with Gasteiger partial charge in [-0.05, 0) is 37.4 Å². The maximum absolute atomic E-state index is 10.9. The zero-order valence-corrected chi connectivity index (χ0v) is 11.4. The summed E-state index contributed by atoms with van der Waals surface area (Å²) < 4.78 is 5.30. The van der Waals surface area contributed by atoms with Gasteiger partial charge in [-0.25, -0.2) is 0 Å². The van der Waals surface area contributed by atoms with Crippen molar-refractivity contribution in [3.63, 3.8) is 0 Å². The van der Waals surface area contributed by atoms with Gasteiger partial charge < -0.3 is 10.1 Å². The van der Waals surface area contributed by atoms with Crippen molar-refractivity contribution in [3.8, 4) is 0 Å². The molecule has 1 saturated heterocycles. The molecule has 1 aliphatic heterocycles. The normalized spacial score (nSPS) is 16.5. The van der Waals surface area contributed by atoms with Crippen LogP contribution in [0.4, 0.5) is 5.69 Å². The number of nitrogens with one attached hydrogen (secondary N) is 1. The zero-order valence-electron chi connectivity index (χ0n) is 10.6. The van der Waals surface area contributed by atoms with Crippen molar-refractivity contribution in [2.45, 2.75) is 19.4 Å². The van der Waals surface area contributed by atoms with Crippen molar-refractivity contribution >= 4 is 17.3 Å². The molecule has 2 rings (SSSR count). The van der Waals surface area contributed by atoms with E-state index in [0.29, 0.717) is 23.0 Å². The fourth-order valence-corrected chi connectivity index (χ4v) is 2.38. The predicted octanol–water partition coefficient (Wildman–Crippen LogP) is 2.76. The summed E-state index contributed by atoms with van der Waals surface area (Å²) in [6.45, 7) is 2.98. The molecule has 6 heteroatoms. The number of nitro groups is 1. The topological polar surface area (TPSA) is 64.4 Å². The van der Waals surface area contributed by atoms with Gasteiger partial charge in [-0.1, -0.05) is 11.6 Å². The lowest BCUT2D eigenvalue weighted by molar-refractivity contribution is -0.385. The summed E-state index contributed by atoms with van der Waals surface area (Å²) >= 11 is 5.78. The van der Waals surface area contributed by atoms with E-state index in [1.807, 2.05) is 0 Å². The minimum Gasteiger partial charge on any atom is -0.381 e. The van der Waals surface area contributed by atoms with Crippen molar-refractivity contribution in [1.82, 2.24) is 5.32 Å². The Hall–Kier alpha value is -1.17. The molecule has 1 heterocycles. The fourth-order valence-electron chi connectivity index (χ4n) is 2.22. The Labute approximate surface area is 117 Å². The Morgan fingerprint density at radius 3 is 2.84 bits per heavy atom. The maximum Gasteiger partial charge on any atom is 0.275 e. The van der Waals surface area contributed by atoms with Crippen LogP contribution in [0.15, 0.2) is 18.2 Å². The molecule has 1 N–H and O–H groups in total. The molecular formula is C13H17ClN2O3. The third-order valence-electron chi connectivity index (χ3n) is 3.33. The highest BCUT2D eigenvalue weighted by Crippen LogP contribution is 2.23. The molecule has 0 unspecified atom stereocenters. The molecule has 0 aliphatic carbocycles. The molecule has 0 bridgehead atoms. The summed E-state index contributed by atoms with van der Waals surface area (Å²) in [5.74, 6) is 0.597. The average molecular weight is 285 g/mol. The van der Waals surface area contributed by atoms with Gasteiger partial charge in [0.15, 0.2) is 0 Å². The Balaban J connectivity index is 1.89. The first-order valence-corrected chi connectivity index (χ1v) is 6.76. The van der Waals surface area contributed by atoms with Gasteiger partial charge in [-0.3, -0.25) is 10.1 Å². The lowest BCUT2D eigenvalue weighted by atomic mass is 10.0. The van der Waals surface area contributed by atoms with E-state index < -0.39 is 4.92 Å². The van der Waals surface area contributed by atoms with E-state index >= 15 is 0 Å². The van der Waals surface area contributed by atoms with Crippen LogP contribution in [-0.4, -0.2) is 24.7 Å². The molecule has 0 amide bonds. The van der Waals surface area contributed by atoms with Gasteiger partial charge in [0, 0.05) is 36.4 Å². The third kappa shape index (κ3) is 4.16. The number of hydrogen-bond acceptors (Lipinski definition) is 4. The molecule has 1 fully saturated rings. The van der Waals surface area contributed by atoms with Gasteiger partial charge >= 0.3 is 0 Å². The predicted molar refractivity (Wildman–Crippen MR) is 73.4 cm³/mol. The highest BCUT2D eigenvalue weighted by Gasteiger charge is 2.16. The smallest absolute Gasteiger partial charge is 0.275 e. The Morgan fingerprint density at radius 1 is 1.42 bits per heavy atom. The minimum absolute atomic E-state index is 0.0759. The zero-order chi connectivity index (χ0) is 13.7. The van der Waals surface area contributed by atoms with E-state index in [4.69, 9.17) is 16.3 Å². The van der Waals surface area contributed by atoms with Gasteiger partial charge in [0.25, 0.3) is 5.69 Å². The number of halogens is 1. The van der Waals surface area contributed by atoms with Gasteiger partial charge in [0.2, 0.25) is 0 Å². The van der Waals surface area contributed by atoms with E-state index in [9.17, 15) is 10.1 Å². The van der Waals surface area contributed by atoms with Crippen LogP contribution in [0.3, 0.4) is 0 Å². The molecule has 1 aromatic carbocycles. The Bertz CT molecular complexity index is 448. The number of rotatable bonds is 5. The second kappa shape index (κ2) is 6.84. The standard InChI is InChI=1S/C13H17ClN2O3/c14-12-2-1-11(13(7-12)16(17)18)9-15-8-10-3-5-19-6-4-10/h1-2,7,10,15H,3-6,8-9H2. The Morgan fingerprint density at radius 2 is 2.16 bits per heavy atom. The van der Waals surface area contributed by atoms with E-state index in [-0.39, 0.29) is 5.69 Å². The summed E-state index contributed by atoms with van der Waals surface area (Å²) in [5.41, 5.74) is 0.744. The summed E-state index contributed by atoms with van der Waals surface area (Å²) in [6, 6.07) is 4.78. The molecular weight excluding hydrogens is 268 g/mol. The average Bonchev–Trinajstić information content (AvgIpc) is 2.41. The highest BCUT2D eigenvalue weighted by atomic mass is 35.5. The van der Waals surface area contributed by atoms with Gasteiger partial charge in [0.05, 0.1) is 4.92 Å². The quantitative estimate of drug-likeness (QED) is 0.667. The molecule has 5 nitrogen and oxygen atoms in total. The summed E-state index contributed by atoms with van der Waals surface area (Å²) in [5, 5.41) is 14.6. The van der Waals surface area contributed by atoms with Crippen LogP contribution in [0.1, 0.15) is 18.4 Å². The van der Waals surface area contributed by atoms with Crippen molar-refractivity contribution in [2.75, 3.05) is 19.8 Å². The molecule has 0 atom stereocenters. The van der Waals surface area contributed by atoms with E-state index in [0.717, 1.165) is 32.6 Å². The molecule has 104 valence electrons. The SMILES string of the molecule is O=[N+]([O-])c1cc(Cl)ccc1CNCC1CCOCC1. The number of nitro benzene ring substituents is 1. The van der Waals surface area contributed by atoms with E-state index in [2.05, 4.69) is 5.32 Å². The lowest BCUT2D eigenvalue weighted by Crippen LogP contribution is -2.27. The Kier molecular flexibility index (Phi) is 5.13. The largest absolute Gasteiger partial charge is 0.381 e. The van der Waals surface area contributed by atoms with Crippen molar-refractivity contribution in [1.29, 1.82) is 0 Å². The lowest BCUT2D eigenvalue weighted by Gasteiger charge is -2.22. The van der Waals surface area contributed by atoms with Crippen LogP contribution >= 0.6 is 11.6 Å². The first-order chi connectivity index (χ1) is 9.16. The first kappa shape index (κ1) is 14.2. The van der Waals surface area contributed by atoms with Crippen LogP contribution in [0.2, 0.25) is 5.02 Å². The second-order valence-corrected chi connectivity index (χ2v) is 5.15. The molecule has 0 spiro atoms. The summed E-state index contributed by atoms with van der Waals surface area (Å²) in [6.07, 6.45) is 2.10. The molecule has 0 saturated carbocycles. The van der Waals surface area contributed by atoms with E-state index in [1.165, 1.54) is 6.07 Å². The molecule has 1 aromatic rings. The van der Waals surface area contributed by atoms with Crippen LogP contribution in [0.5, 0.6) is 0 Å². The molecule has 1 aliphatic rings. The van der Waals surface area contributed by atoms with Gasteiger partial charge in [-0.2, -0.15) is 0 Å². The fraction of sp³-hybridized carbons (Fsp3) is 0.538. The van der Waals surface area contributed by atoms with Gasteiger partial charge in [-0.15, -0.1) is 0 Å². The highest BCUT2D eigenvalue weighted by molar-refractivity contribution is 6.30. The minimum atomic E-state index is -0.392.